The molecule has 0 radical (unpaired) electrons. The number of phosphoric acid groups is 1. The lowest BCUT2D eigenvalue weighted by Gasteiger charge is -2.24. The lowest BCUT2D eigenvalue weighted by Crippen LogP contribution is -2.37. The van der Waals surface area contributed by atoms with Crippen LogP contribution in [0.5, 0.6) is 0 Å². The van der Waals surface area contributed by atoms with Crippen molar-refractivity contribution in [2.45, 2.75) is 219 Å². The normalized spacial score (nSPS) is 14.0. The zero-order valence-electron chi connectivity index (χ0n) is 38.8. The van der Waals surface area contributed by atoms with Crippen molar-refractivity contribution in [2.75, 3.05) is 54.1 Å². The van der Waals surface area contributed by atoms with Gasteiger partial charge in [0.25, 0.3) is 0 Å². The Kier molecular flexibility index (Phi) is 41.5. The highest BCUT2D eigenvalue weighted by Gasteiger charge is 2.26. The molecule has 0 aromatic rings. The quantitative estimate of drug-likeness (QED) is 0.0215. The lowest BCUT2D eigenvalue weighted by atomic mass is 10.0. The second-order valence-corrected chi connectivity index (χ2v) is 19.0. The first-order chi connectivity index (χ1) is 28.1. The van der Waals surface area contributed by atoms with Gasteiger partial charge in [-0.1, -0.05) is 192 Å². The molecule has 0 saturated heterocycles. The highest BCUT2D eigenvalue weighted by Crippen LogP contribution is 2.43. The summed E-state index contributed by atoms with van der Waals surface area (Å²) in [5, 5.41) is 0. The van der Waals surface area contributed by atoms with Crippen LogP contribution in [0.3, 0.4) is 0 Å². The summed E-state index contributed by atoms with van der Waals surface area (Å²) in [6.07, 6.45) is 50.3. The number of hydrogen-bond acceptors (Lipinski definition) is 6. The van der Waals surface area contributed by atoms with Gasteiger partial charge in [0.15, 0.2) is 0 Å². The van der Waals surface area contributed by atoms with Crippen molar-refractivity contribution in [1.82, 2.24) is 0 Å². The van der Waals surface area contributed by atoms with Crippen LogP contribution in [-0.4, -0.2) is 75.6 Å². The third-order valence-electron chi connectivity index (χ3n) is 10.5. The van der Waals surface area contributed by atoms with E-state index in [-0.39, 0.29) is 25.8 Å². The number of hydrogen-bond donors (Lipinski definition) is 1. The van der Waals surface area contributed by atoms with Crippen molar-refractivity contribution in [3.63, 3.8) is 0 Å². The number of esters is 1. The molecule has 0 aromatic heterocycles. The monoisotopic (exact) mass is 841 g/mol. The first-order valence-electron chi connectivity index (χ1n) is 24.2. The summed E-state index contributed by atoms with van der Waals surface area (Å²) in [6.45, 7) is 5.61. The fourth-order valence-electron chi connectivity index (χ4n) is 6.68. The van der Waals surface area contributed by atoms with Crippen LogP contribution in [0.15, 0.2) is 36.5 Å². The van der Waals surface area contributed by atoms with E-state index in [4.69, 9.17) is 18.5 Å². The number of quaternary nitrogens is 1. The molecule has 0 fully saturated rings. The summed E-state index contributed by atoms with van der Waals surface area (Å²) in [7, 11) is 1.66. The SMILES string of the molecule is CCCCC/C=C\C/C=C\C/C=C\CCCCCCCCC(=O)OC(COCCCCCCCCCCCCCCCCCCC)COP(=O)(O)OCC[N+](C)(C)C. The number of likely N-dealkylation sites (N-methyl/N-ethyl adjacent to an activating group) is 1. The van der Waals surface area contributed by atoms with Crippen LogP contribution in [0.1, 0.15) is 213 Å². The Hall–Kier alpha value is -1.28. The molecule has 58 heavy (non-hydrogen) atoms. The van der Waals surface area contributed by atoms with Crippen molar-refractivity contribution in [1.29, 1.82) is 0 Å². The second-order valence-electron chi connectivity index (χ2n) is 17.5. The third-order valence-corrected chi connectivity index (χ3v) is 11.4. The maximum atomic E-state index is 12.7. The van der Waals surface area contributed by atoms with E-state index in [0.717, 1.165) is 57.8 Å². The predicted molar refractivity (Wildman–Crippen MR) is 247 cm³/mol. The fourth-order valence-corrected chi connectivity index (χ4v) is 7.42. The molecule has 2 atom stereocenters. The molecule has 0 amide bonds. The first-order valence-corrected chi connectivity index (χ1v) is 25.7. The Balaban J connectivity index is 4.20. The highest BCUT2D eigenvalue weighted by molar-refractivity contribution is 7.47. The van der Waals surface area contributed by atoms with Crippen LogP contribution in [0, 0.1) is 0 Å². The smallest absolute Gasteiger partial charge is 0.457 e. The van der Waals surface area contributed by atoms with E-state index >= 15 is 0 Å². The van der Waals surface area contributed by atoms with Crippen molar-refractivity contribution >= 4 is 13.8 Å². The number of carbonyl (C=O) groups excluding carboxylic acids is 1. The van der Waals surface area contributed by atoms with Gasteiger partial charge in [-0.2, -0.15) is 0 Å². The number of ether oxygens (including phenoxy) is 2. The van der Waals surface area contributed by atoms with E-state index in [0.29, 0.717) is 24.1 Å². The largest absolute Gasteiger partial charge is 0.472 e. The fraction of sp³-hybridized carbons (Fsp3) is 0.857. The van der Waals surface area contributed by atoms with Gasteiger partial charge in [0.05, 0.1) is 34.4 Å². The molecule has 0 rings (SSSR count). The molecule has 0 aromatic carbocycles. The Morgan fingerprint density at radius 3 is 1.45 bits per heavy atom. The summed E-state index contributed by atoms with van der Waals surface area (Å²) in [5.74, 6) is -0.323. The molecular weight excluding hydrogens is 746 g/mol. The Morgan fingerprint density at radius 1 is 0.534 bits per heavy atom. The van der Waals surface area contributed by atoms with Gasteiger partial charge in [0.1, 0.15) is 19.3 Å². The molecule has 0 saturated carbocycles. The molecular formula is C49H95NO7P+. The molecule has 0 aliphatic heterocycles. The van der Waals surface area contributed by atoms with E-state index in [2.05, 4.69) is 50.3 Å². The van der Waals surface area contributed by atoms with E-state index in [1.807, 2.05) is 21.1 Å². The number of rotatable bonds is 45. The summed E-state index contributed by atoms with van der Waals surface area (Å²) in [6, 6.07) is 0. The Morgan fingerprint density at radius 2 is 0.948 bits per heavy atom. The number of nitrogens with zero attached hydrogens (tertiary/aromatic N) is 1. The summed E-state index contributed by atoms with van der Waals surface area (Å²) < 4.78 is 35.1. The van der Waals surface area contributed by atoms with Crippen molar-refractivity contribution in [2.24, 2.45) is 0 Å². The number of unbranched alkanes of at least 4 members (excludes halogenated alkanes) is 25. The van der Waals surface area contributed by atoms with E-state index in [9.17, 15) is 14.3 Å². The van der Waals surface area contributed by atoms with Gasteiger partial charge in [-0.3, -0.25) is 13.8 Å². The Bertz CT molecular complexity index is 1020. The number of carbonyl (C=O) groups is 1. The van der Waals surface area contributed by atoms with Crippen LogP contribution < -0.4 is 0 Å². The van der Waals surface area contributed by atoms with Crippen LogP contribution in [0.4, 0.5) is 0 Å². The predicted octanol–water partition coefficient (Wildman–Crippen LogP) is 14.6. The van der Waals surface area contributed by atoms with Crippen molar-refractivity contribution in [3.8, 4) is 0 Å². The molecule has 0 spiro atoms. The molecule has 1 N–H and O–H groups in total. The molecule has 342 valence electrons. The van der Waals surface area contributed by atoms with Gasteiger partial charge < -0.3 is 18.9 Å². The van der Waals surface area contributed by atoms with E-state index in [1.54, 1.807) is 0 Å². The third kappa shape index (κ3) is 45.8. The van der Waals surface area contributed by atoms with Crippen molar-refractivity contribution in [3.05, 3.63) is 36.5 Å². The van der Waals surface area contributed by atoms with Gasteiger partial charge in [0.2, 0.25) is 0 Å². The minimum atomic E-state index is -4.28. The van der Waals surface area contributed by atoms with Gasteiger partial charge in [0, 0.05) is 13.0 Å². The maximum Gasteiger partial charge on any atom is 0.472 e. The van der Waals surface area contributed by atoms with Gasteiger partial charge in [-0.15, -0.1) is 0 Å². The first kappa shape index (κ1) is 56.7. The molecule has 2 unspecified atom stereocenters. The molecule has 8 nitrogen and oxygen atoms in total. The molecule has 9 heteroatoms. The minimum absolute atomic E-state index is 0.0867. The zero-order chi connectivity index (χ0) is 42.7. The van der Waals surface area contributed by atoms with Gasteiger partial charge in [-0.25, -0.2) is 4.57 Å². The van der Waals surface area contributed by atoms with E-state index in [1.165, 1.54) is 135 Å². The minimum Gasteiger partial charge on any atom is -0.457 e. The van der Waals surface area contributed by atoms with Crippen LogP contribution in [-0.2, 0) is 27.9 Å². The zero-order valence-corrected chi connectivity index (χ0v) is 39.7. The average Bonchev–Trinajstić information content (AvgIpc) is 3.18. The average molecular weight is 841 g/mol. The van der Waals surface area contributed by atoms with Crippen LogP contribution >= 0.6 is 7.82 Å². The Labute approximate surface area is 359 Å². The number of allylic oxidation sites excluding steroid dienone is 6. The molecule has 0 heterocycles. The maximum absolute atomic E-state index is 12.7. The van der Waals surface area contributed by atoms with E-state index < -0.39 is 13.9 Å². The highest BCUT2D eigenvalue weighted by atomic mass is 31.2. The second kappa shape index (κ2) is 42.4. The summed E-state index contributed by atoms with van der Waals surface area (Å²) >= 11 is 0. The topological polar surface area (TPSA) is 91.3 Å². The molecule has 0 aliphatic carbocycles. The molecule has 0 bridgehead atoms. The summed E-state index contributed by atoms with van der Waals surface area (Å²) in [5.41, 5.74) is 0. The molecule has 0 aliphatic rings. The number of phosphoric ester groups is 1. The van der Waals surface area contributed by atoms with Gasteiger partial charge in [-0.05, 0) is 51.4 Å². The van der Waals surface area contributed by atoms with Gasteiger partial charge >= 0.3 is 13.8 Å². The van der Waals surface area contributed by atoms with Crippen LogP contribution in [0.25, 0.3) is 0 Å². The summed E-state index contributed by atoms with van der Waals surface area (Å²) in [4.78, 5) is 23.0. The van der Waals surface area contributed by atoms with Crippen molar-refractivity contribution < 1.29 is 37.3 Å². The standard InChI is InChI=1S/C49H94NO7P/c1-6-8-10-12-14-16-18-20-22-24-25-26-28-30-32-34-36-38-40-42-49(51)57-48(47-56-58(52,53)55-45-43-50(3,4)5)46-54-44-41-39-37-35-33-31-29-27-23-21-19-17-15-13-11-9-7-2/h14,16,20,22,25-26,48H,6-13,15,17-19,21,23-24,27-47H2,1-5H3/p+1/b16-14-,22-20-,26-25-. The lowest BCUT2D eigenvalue weighted by molar-refractivity contribution is -0.870. The van der Waals surface area contributed by atoms with Crippen LogP contribution in [0.2, 0.25) is 0 Å².